The lowest BCUT2D eigenvalue weighted by molar-refractivity contribution is 0.474. The van der Waals surface area contributed by atoms with Crippen molar-refractivity contribution < 1.29 is 4.42 Å². The van der Waals surface area contributed by atoms with Gasteiger partial charge in [-0.3, -0.25) is 0 Å². The Kier molecular flexibility index (Phi) is 3.54. The molecule has 2 heterocycles. The van der Waals surface area contributed by atoms with E-state index < -0.39 is 0 Å². The van der Waals surface area contributed by atoms with Crippen LogP contribution in [0.3, 0.4) is 0 Å². The number of rotatable bonds is 4. The molecule has 2 aromatic heterocycles. The van der Waals surface area contributed by atoms with Gasteiger partial charge >= 0.3 is 0 Å². The molecule has 0 aromatic carbocycles. The predicted molar refractivity (Wildman–Crippen MR) is 66.9 cm³/mol. The summed E-state index contributed by atoms with van der Waals surface area (Å²) in [4.78, 5) is 1.43. The predicted octanol–water partition coefficient (Wildman–Crippen LogP) is 4.41. The second-order valence-electron chi connectivity index (χ2n) is 3.55. The van der Waals surface area contributed by atoms with Crippen LogP contribution in [-0.4, -0.2) is 6.26 Å². The fourth-order valence-electron chi connectivity index (χ4n) is 1.55. The third kappa shape index (κ3) is 2.67. The largest absolute Gasteiger partial charge is 0.469 e. The van der Waals surface area contributed by atoms with Crippen LogP contribution in [-0.2, 0) is 6.42 Å². The first-order valence-electron chi connectivity index (χ1n) is 4.95. The van der Waals surface area contributed by atoms with Gasteiger partial charge in [0.1, 0.15) is 5.76 Å². The van der Waals surface area contributed by atoms with E-state index in [4.69, 9.17) is 4.42 Å². The molecular formula is C12H14OS2. The van der Waals surface area contributed by atoms with Crippen molar-refractivity contribution in [1.82, 2.24) is 0 Å². The smallest absolute Gasteiger partial charge is 0.106 e. The van der Waals surface area contributed by atoms with Gasteiger partial charge in [-0.15, -0.1) is 23.1 Å². The third-order valence-electron chi connectivity index (χ3n) is 2.37. The van der Waals surface area contributed by atoms with E-state index in [0.717, 1.165) is 12.2 Å². The average Bonchev–Trinajstić information content (AvgIpc) is 2.87. The summed E-state index contributed by atoms with van der Waals surface area (Å²) in [5.74, 6) is 1.54. The molecule has 0 spiro atoms. The van der Waals surface area contributed by atoms with Gasteiger partial charge in [0.15, 0.2) is 0 Å². The Morgan fingerprint density at radius 3 is 2.87 bits per heavy atom. The van der Waals surface area contributed by atoms with Crippen molar-refractivity contribution in [2.24, 2.45) is 0 Å². The van der Waals surface area contributed by atoms with E-state index in [2.05, 4.69) is 25.3 Å². The first-order valence-corrected chi connectivity index (χ1v) is 7.00. The zero-order chi connectivity index (χ0) is 10.7. The zero-order valence-corrected chi connectivity index (χ0v) is 10.5. The molecule has 0 aliphatic heterocycles. The van der Waals surface area contributed by atoms with Gasteiger partial charge in [0.05, 0.1) is 10.5 Å². The molecule has 0 aliphatic rings. The van der Waals surface area contributed by atoms with Crippen LogP contribution >= 0.6 is 23.1 Å². The minimum absolute atomic E-state index is 0.466. The molecule has 0 fully saturated rings. The van der Waals surface area contributed by atoms with Crippen LogP contribution < -0.4 is 0 Å². The van der Waals surface area contributed by atoms with Crippen LogP contribution in [0.4, 0.5) is 0 Å². The molecule has 2 aromatic rings. The van der Waals surface area contributed by atoms with Gasteiger partial charge < -0.3 is 4.42 Å². The average molecular weight is 238 g/mol. The molecule has 1 atom stereocenters. The standard InChI is InChI=1S/C12H14OS2/c1-9(11-4-3-7-13-11)8-10-5-6-12(14-2)15-10/h3-7,9H,8H2,1-2H3. The minimum atomic E-state index is 0.466. The summed E-state index contributed by atoms with van der Waals surface area (Å²) in [6.45, 7) is 2.21. The molecule has 0 amide bonds. The highest BCUT2D eigenvalue weighted by Crippen LogP contribution is 2.29. The van der Waals surface area contributed by atoms with Gasteiger partial charge in [0.25, 0.3) is 0 Å². The molecule has 3 heteroatoms. The lowest BCUT2D eigenvalue weighted by Gasteiger charge is -2.05. The van der Waals surface area contributed by atoms with E-state index in [9.17, 15) is 0 Å². The summed E-state index contributed by atoms with van der Waals surface area (Å²) in [5, 5.41) is 0. The van der Waals surface area contributed by atoms with E-state index in [1.165, 1.54) is 9.09 Å². The second kappa shape index (κ2) is 4.90. The summed E-state index contributed by atoms with van der Waals surface area (Å²) in [5.41, 5.74) is 0. The maximum absolute atomic E-state index is 5.40. The monoisotopic (exact) mass is 238 g/mol. The molecule has 0 saturated carbocycles. The lowest BCUT2D eigenvalue weighted by Crippen LogP contribution is -1.94. The second-order valence-corrected chi connectivity index (χ2v) is 5.82. The van der Waals surface area contributed by atoms with Crippen LogP contribution in [0.2, 0.25) is 0 Å². The Labute approximate surface area is 98.5 Å². The number of hydrogen-bond acceptors (Lipinski definition) is 3. The Balaban J connectivity index is 2.02. The Bertz CT molecular complexity index is 403. The summed E-state index contributed by atoms with van der Waals surface area (Å²) < 4.78 is 6.79. The lowest BCUT2D eigenvalue weighted by atomic mass is 10.0. The SMILES string of the molecule is CSc1ccc(CC(C)c2ccco2)s1. The molecular weight excluding hydrogens is 224 g/mol. The highest BCUT2D eigenvalue weighted by Gasteiger charge is 2.10. The van der Waals surface area contributed by atoms with Gasteiger partial charge in [0, 0.05) is 10.8 Å². The van der Waals surface area contributed by atoms with Crippen molar-refractivity contribution in [3.05, 3.63) is 41.2 Å². The topological polar surface area (TPSA) is 13.1 Å². The van der Waals surface area contributed by atoms with Gasteiger partial charge in [-0.25, -0.2) is 0 Å². The van der Waals surface area contributed by atoms with Crippen LogP contribution in [0.25, 0.3) is 0 Å². The highest BCUT2D eigenvalue weighted by molar-refractivity contribution is 8.00. The maximum atomic E-state index is 5.40. The van der Waals surface area contributed by atoms with Crippen molar-refractivity contribution >= 4 is 23.1 Å². The molecule has 0 bridgehead atoms. The summed E-state index contributed by atoms with van der Waals surface area (Å²) >= 11 is 3.69. The van der Waals surface area contributed by atoms with Crippen molar-refractivity contribution in [3.8, 4) is 0 Å². The number of furan rings is 1. The quantitative estimate of drug-likeness (QED) is 0.732. The van der Waals surface area contributed by atoms with Gasteiger partial charge in [-0.05, 0) is 36.9 Å². The van der Waals surface area contributed by atoms with E-state index in [0.29, 0.717) is 5.92 Å². The molecule has 0 N–H and O–H groups in total. The zero-order valence-electron chi connectivity index (χ0n) is 8.90. The summed E-state index contributed by atoms with van der Waals surface area (Å²) in [6.07, 6.45) is 4.93. The van der Waals surface area contributed by atoms with E-state index >= 15 is 0 Å². The summed E-state index contributed by atoms with van der Waals surface area (Å²) in [7, 11) is 0. The minimum Gasteiger partial charge on any atom is -0.469 e. The fourth-order valence-corrected chi connectivity index (χ4v) is 3.27. The molecule has 15 heavy (non-hydrogen) atoms. The molecule has 1 unspecified atom stereocenters. The van der Waals surface area contributed by atoms with Gasteiger partial charge in [0.2, 0.25) is 0 Å². The Morgan fingerprint density at radius 2 is 2.27 bits per heavy atom. The van der Waals surface area contributed by atoms with Crippen LogP contribution in [0.5, 0.6) is 0 Å². The summed E-state index contributed by atoms with van der Waals surface area (Å²) in [6, 6.07) is 8.41. The molecule has 0 radical (unpaired) electrons. The van der Waals surface area contributed by atoms with Crippen molar-refractivity contribution in [3.63, 3.8) is 0 Å². The van der Waals surface area contributed by atoms with Crippen molar-refractivity contribution in [2.75, 3.05) is 6.26 Å². The third-order valence-corrected chi connectivity index (χ3v) is 4.57. The number of thioether (sulfide) groups is 1. The van der Waals surface area contributed by atoms with E-state index in [1.54, 1.807) is 6.26 Å². The number of thiophene rings is 1. The normalized spacial score (nSPS) is 12.9. The number of hydrogen-bond donors (Lipinski definition) is 0. The van der Waals surface area contributed by atoms with Crippen LogP contribution in [0.1, 0.15) is 23.5 Å². The van der Waals surface area contributed by atoms with E-state index in [-0.39, 0.29) is 0 Å². The Morgan fingerprint density at radius 1 is 1.40 bits per heavy atom. The fraction of sp³-hybridized carbons (Fsp3) is 0.333. The molecule has 0 aliphatic carbocycles. The van der Waals surface area contributed by atoms with Crippen molar-refractivity contribution in [1.29, 1.82) is 0 Å². The van der Waals surface area contributed by atoms with Crippen LogP contribution in [0.15, 0.2) is 39.2 Å². The van der Waals surface area contributed by atoms with Gasteiger partial charge in [-0.2, -0.15) is 0 Å². The van der Waals surface area contributed by atoms with E-state index in [1.807, 2.05) is 35.2 Å². The van der Waals surface area contributed by atoms with Crippen molar-refractivity contribution in [2.45, 2.75) is 23.5 Å². The molecule has 1 nitrogen and oxygen atoms in total. The molecule has 0 saturated heterocycles. The first kappa shape index (κ1) is 10.8. The highest BCUT2D eigenvalue weighted by atomic mass is 32.2. The van der Waals surface area contributed by atoms with Crippen LogP contribution in [0, 0.1) is 0 Å². The maximum Gasteiger partial charge on any atom is 0.106 e. The molecule has 2 rings (SSSR count). The van der Waals surface area contributed by atoms with Gasteiger partial charge in [-0.1, -0.05) is 6.92 Å². The first-order chi connectivity index (χ1) is 7.29. The molecule has 80 valence electrons. The Hall–Kier alpha value is -0.670.